The second-order valence-corrected chi connectivity index (χ2v) is 2.10. The topological polar surface area (TPSA) is 87.0 Å². The Morgan fingerprint density at radius 2 is 1.92 bits per heavy atom. The van der Waals surface area contributed by atoms with Gasteiger partial charge in [0.2, 0.25) is 0 Å². The molecule has 5 nitrogen and oxygen atoms in total. The zero-order chi connectivity index (χ0) is 9.98. The highest BCUT2D eigenvalue weighted by atomic mass is 16.5. The molecular formula is C7H16O5. The minimum atomic E-state index is -0.560. The van der Waals surface area contributed by atoms with E-state index in [9.17, 15) is 4.79 Å². The minimum absolute atomic E-state index is 0.0976. The molecule has 0 bridgehead atoms. The Kier molecular flexibility index (Phi) is 12.0. The number of carbonyl (C=O) groups is 1. The Bertz CT molecular complexity index is 102. The standard InChI is InChI=1S/C4H8O3.C3H8O2/c1-4(6)7-3-2-5;1-3(5)2-4/h5H,2-3H2,1H3;3-5H,2H2,1H3. The molecule has 12 heavy (non-hydrogen) atoms. The Balaban J connectivity index is 0. The van der Waals surface area contributed by atoms with E-state index in [1.807, 2.05) is 0 Å². The summed E-state index contributed by atoms with van der Waals surface area (Å²) in [6.45, 7) is 2.70. The van der Waals surface area contributed by atoms with Crippen LogP contribution in [0.2, 0.25) is 0 Å². The molecule has 0 aliphatic carbocycles. The van der Waals surface area contributed by atoms with Gasteiger partial charge in [0, 0.05) is 6.92 Å². The monoisotopic (exact) mass is 180 g/mol. The lowest BCUT2D eigenvalue weighted by molar-refractivity contribution is -0.141. The molecule has 0 fully saturated rings. The number of aliphatic hydroxyl groups is 3. The second kappa shape index (κ2) is 10.3. The number of carbonyl (C=O) groups excluding carboxylic acids is 1. The highest BCUT2D eigenvalue weighted by Gasteiger charge is 1.86. The zero-order valence-electron chi connectivity index (χ0n) is 7.36. The van der Waals surface area contributed by atoms with Gasteiger partial charge in [-0.15, -0.1) is 0 Å². The quantitative estimate of drug-likeness (QED) is 0.480. The number of rotatable bonds is 3. The molecule has 1 unspecified atom stereocenters. The maximum Gasteiger partial charge on any atom is 0.302 e. The van der Waals surface area contributed by atoms with E-state index in [4.69, 9.17) is 15.3 Å². The van der Waals surface area contributed by atoms with Gasteiger partial charge in [-0.05, 0) is 6.92 Å². The van der Waals surface area contributed by atoms with Crippen LogP contribution in [0, 0.1) is 0 Å². The van der Waals surface area contributed by atoms with E-state index in [0.717, 1.165) is 0 Å². The van der Waals surface area contributed by atoms with Gasteiger partial charge in [-0.3, -0.25) is 4.79 Å². The van der Waals surface area contributed by atoms with Crippen molar-refractivity contribution in [1.82, 2.24) is 0 Å². The Hall–Kier alpha value is -0.650. The third-order valence-corrected chi connectivity index (χ3v) is 0.661. The normalized spacial score (nSPS) is 11.1. The molecule has 0 aliphatic heterocycles. The number of esters is 1. The fraction of sp³-hybridized carbons (Fsp3) is 0.857. The maximum atomic E-state index is 9.87. The number of aliphatic hydroxyl groups excluding tert-OH is 3. The van der Waals surface area contributed by atoms with E-state index in [2.05, 4.69) is 4.74 Å². The van der Waals surface area contributed by atoms with Crippen molar-refractivity contribution in [2.24, 2.45) is 0 Å². The van der Waals surface area contributed by atoms with Crippen LogP contribution in [0.5, 0.6) is 0 Å². The van der Waals surface area contributed by atoms with Gasteiger partial charge in [0.1, 0.15) is 6.61 Å². The summed E-state index contributed by atoms with van der Waals surface area (Å²) < 4.78 is 4.30. The first-order valence-corrected chi connectivity index (χ1v) is 3.57. The average molecular weight is 180 g/mol. The molecule has 0 spiro atoms. The van der Waals surface area contributed by atoms with E-state index in [1.165, 1.54) is 13.8 Å². The molecule has 0 aromatic carbocycles. The molecule has 0 saturated heterocycles. The van der Waals surface area contributed by atoms with Crippen molar-refractivity contribution >= 4 is 5.97 Å². The number of hydrogen-bond donors (Lipinski definition) is 3. The van der Waals surface area contributed by atoms with Crippen molar-refractivity contribution in [2.45, 2.75) is 20.0 Å². The average Bonchev–Trinajstić information content (AvgIpc) is 2.02. The Labute approximate surface area is 71.6 Å². The molecule has 0 rings (SSSR count). The zero-order valence-corrected chi connectivity index (χ0v) is 7.36. The van der Waals surface area contributed by atoms with E-state index >= 15 is 0 Å². The molecule has 0 aromatic rings. The molecule has 5 heteroatoms. The first-order valence-electron chi connectivity index (χ1n) is 3.57. The summed E-state index contributed by atoms with van der Waals surface area (Å²) >= 11 is 0. The van der Waals surface area contributed by atoms with Gasteiger partial charge in [-0.1, -0.05) is 0 Å². The third-order valence-electron chi connectivity index (χ3n) is 0.661. The summed E-state index contributed by atoms with van der Waals surface area (Å²) in [7, 11) is 0. The van der Waals surface area contributed by atoms with Crippen molar-refractivity contribution in [1.29, 1.82) is 0 Å². The predicted octanol–water partition coefficient (Wildman–Crippen LogP) is -1.10. The van der Waals surface area contributed by atoms with Crippen molar-refractivity contribution in [3.8, 4) is 0 Å². The summed E-state index contributed by atoms with van der Waals surface area (Å²) in [5.74, 6) is -0.353. The first kappa shape index (κ1) is 13.9. The molecule has 0 heterocycles. The van der Waals surface area contributed by atoms with E-state index in [1.54, 1.807) is 0 Å². The molecule has 74 valence electrons. The molecule has 1 atom stereocenters. The maximum absolute atomic E-state index is 9.87. The van der Waals surface area contributed by atoms with Crippen LogP contribution < -0.4 is 0 Å². The van der Waals surface area contributed by atoms with Crippen LogP contribution in [0.4, 0.5) is 0 Å². The lowest BCUT2D eigenvalue weighted by atomic mass is 10.5. The molecule has 0 radical (unpaired) electrons. The van der Waals surface area contributed by atoms with Crippen molar-refractivity contribution in [3.63, 3.8) is 0 Å². The van der Waals surface area contributed by atoms with Crippen LogP contribution in [0.25, 0.3) is 0 Å². The lowest BCUT2D eigenvalue weighted by Gasteiger charge is -1.93. The van der Waals surface area contributed by atoms with E-state index in [-0.39, 0.29) is 25.8 Å². The van der Waals surface area contributed by atoms with Crippen LogP contribution in [0.1, 0.15) is 13.8 Å². The summed E-state index contributed by atoms with van der Waals surface area (Å²) in [5, 5.41) is 24.0. The largest absolute Gasteiger partial charge is 0.463 e. The van der Waals surface area contributed by atoms with Crippen LogP contribution in [0.15, 0.2) is 0 Å². The number of ether oxygens (including phenoxy) is 1. The predicted molar refractivity (Wildman–Crippen MR) is 42.5 cm³/mol. The molecule has 0 saturated carbocycles. The molecule has 0 aliphatic rings. The summed E-state index contributed by atoms with van der Waals surface area (Å²) in [4.78, 5) is 9.87. The molecular weight excluding hydrogens is 164 g/mol. The lowest BCUT2D eigenvalue weighted by Crippen LogP contribution is -2.03. The van der Waals surface area contributed by atoms with E-state index in [0.29, 0.717) is 0 Å². The molecule has 3 N–H and O–H groups in total. The highest BCUT2D eigenvalue weighted by Crippen LogP contribution is 1.71. The fourth-order valence-corrected chi connectivity index (χ4v) is 0.189. The minimum Gasteiger partial charge on any atom is -0.463 e. The summed E-state index contributed by atoms with van der Waals surface area (Å²) in [6, 6.07) is 0. The van der Waals surface area contributed by atoms with Gasteiger partial charge in [0.05, 0.1) is 19.3 Å². The van der Waals surface area contributed by atoms with Gasteiger partial charge < -0.3 is 20.1 Å². The van der Waals surface area contributed by atoms with Crippen molar-refractivity contribution in [3.05, 3.63) is 0 Å². The van der Waals surface area contributed by atoms with Crippen LogP contribution in [-0.2, 0) is 9.53 Å². The van der Waals surface area contributed by atoms with Gasteiger partial charge in [0.25, 0.3) is 0 Å². The van der Waals surface area contributed by atoms with Crippen LogP contribution in [0.3, 0.4) is 0 Å². The Morgan fingerprint density at radius 1 is 1.50 bits per heavy atom. The third kappa shape index (κ3) is 22.8. The van der Waals surface area contributed by atoms with Gasteiger partial charge in [-0.25, -0.2) is 0 Å². The van der Waals surface area contributed by atoms with Gasteiger partial charge in [0.15, 0.2) is 0 Å². The van der Waals surface area contributed by atoms with E-state index < -0.39 is 6.10 Å². The number of hydrogen-bond acceptors (Lipinski definition) is 5. The fourth-order valence-electron chi connectivity index (χ4n) is 0.189. The molecule has 0 aromatic heterocycles. The smallest absolute Gasteiger partial charge is 0.302 e. The summed E-state index contributed by atoms with van der Waals surface area (Å²) in [6.07, 6.45) is -0.560. The Morgan fingerprint density at radius 3 is 2.00 bits per heavy atom. The SMILES string of the molecule is CC(=O)OCCO.CC(O)CO. The van der Waals surface area contributed by atoms with Crippen molar-refractivity contribution in [2.75, 3.05) is 19.8 Å². The highest BCUT2D eigenvalue weighted by molar-refractivity contribution is 5.65. The van der Waals surface area contributed by atoms with Crippen molar-refractivity contribution < 1.29 is 24.9 Å². The first-order chi connectivity index (χ1) is 5.54. The molecule has 0 amide bonds. The summed E-state index contributed by atoms with van der Waals surface area (Å²) in [5.41, 5.74) is 0. The second-order valence-electron chi connectivity index (χ2n) is 2.10. The van der Waals surface area contributed by atoms with Gasteiger partial charge in [-0.2, -0.15) is 0 Å². The van der Waals surface area contributed by atoms with Gasteiger partial charge >= 0.3 is 5.97 Å². The van der Waals surface area contributed by atoms with Crippen LogP contribution >= 0.6 is 0 Å². The van der Waals surface area contributed by atoms with Crippen LogP contribution in [-0.4, -0.2) is 47.2 Å².